The first kappa shape index (κ1) is 17.9. The van der Waals surface area contributed by atoms with Crippen LogP contribution < -0.4 is 10.2 Å². The average molecular weight is 367 g/mol. The molecule has 1 N–H and O–H groups in total. The number of carbonyl (C=O) groups excluding carboxylic acids is 1. The van der Waals surface area contributed by atoms with E-state index in [2.05, 4.69) is 15.5 Å². The highest BCUT2D eigenvalue weighted by molar-refractivity contribution is 6.30. The number of halogens is 1. The molecular weight excluding hydrogens is 348 g/mol. The van der Waals surface area contributed by atoms with Crippen LogP contribution in [0.4, 0.5) is 11.5 Å². The van der Waals surface area contributed by atoms with Gasteiger partial charge in [-0.3, -0.25) is 4.79 Å². The Morgan fingerprint density at radius 2 is 1.73 bits per heavy atom. The maximum absolute atomic E-state index is 12.5. The van der Waals surface area contributed by atoms with E-state index < -0.39 is 0 Å². The third-order valence-electron chi connectivity index (χ3n) is 3.96. The number of hydrogen-bond donors (Lipinski definition) is 1. The maximum Gasteiger partial charge on any atom is 0.278 e. The van der Waals surface area contributed by atoms with Crippen molar-refractivity contribution in [2.75, 3.05) is 23.8 Å². The predicted molar refractivity (Wildman–Crippen MR) is 105 cm³/mol. The normalized spacial score (nSPS) is 10.4. The number of anilines is 2. The molecule has 3 aromatic rings. The molecule has 0 unspecified atom stereocenters. The molecule has 0 spiro atoms. The van der Waals surface area contributed by atoms with Gasteiger partial charge in [-0.1, -0.05) is 41.9 Å². The summed E-state index contributed by atoms with van der Waals surface area (Å²) in [6.45, 7) is 0.716. The zero-order valence-corrected chi connectivity index (χ0v) is 15.1. The van der Waals surface area contributed by atoms with Crippen LogP contribution in [-0.2, 0) is 6.42 Å². The Bertz CT molecular complexity index is 851. The number of nitrogens with zero attached hydrogens (tertiary/aromatic N) is 3. The summed E-state index contributed by atoms with van der Waals surface area (Å²) in [4.78, 5) is 14.0. The van der Waals surface area contributed by atoms with Crippen molar-refractivity contribution < 1.29 is 4.79 Å². The Hall–Kier alpha value is -2.92. The maximum atomic E-state index is 12.5. The number of amides is 1. The first-order valence-electron chi connectivity index (χ1n) is 8.28. The monoisotopic (exact) mass is 366 g/mol. The van der Waals surface area contributed by atoms with Gasteiger partial charge < -0.3 is 10.2 Å². The summed E-state index contributed by atoms with van der Waals surface area (Å²) in [5, 5.41) is 12.1. The highest BCUT2D eigenvalue weighted by atomic mass is 35.5. The molecule has 0 aliphatic rings. The molecule has 0 saturated heterocycles. The van der Waals surface area contributed by atoms with Crippen LogP contribution in [0, 0.1) is 0 Å². The van der Waals surface area contributed by atoms with Gasteiger partial charge in [0, 0.05) is 24.3 Å². The summed E-state index contributed by atoms with van der Waals surface area (Å²) in [6.07, 6.45) is 0.844. The van der Waals surface area contributed by atoms with Crippen molar-refractivity contribution in [3.05, 3.63) is 83.0 Å². The molecule has 0 fully saturated rings. The standard InChI is InChI=1S/C20H19ClN4O/c1-25(17-5-3-2-4-6-17)20(26)18-11-12-19(24-23-18)22-14-13-15-7-9-16(21)10-8-15/h2-12H,13-14H2,1H3,(H,22,24). The molecule has 2 aromatic carbocycles. The van der Waals surface area contributed by atoms with E-state index in [0.29, 0.717) is 18.1 Å². The van der Waals surface area contributed by atoms with Gasteiger partial charge in [0.25, 0.3) is 5.91 Å². The molecule has 1 heterocycles. The molecule has 0 aliphatic carbocycles. The van der Waals surface area contributed by atoms with Gasteiger partial charge in [0.2, 0.25) is 0 Å². The smallest absolute Gasteiger partial charge is 0.278 e. The summed E-state index contributed by atoms with van der Waals surface area (Å²) < 4.78 is 0. The molecule has 0 bridgehead atoms. The minimum Gasteiger partial charge on any atom is -0.368 e. The topological polar surface area (TPSA) is 58.1 Å². The molecular formula is C20H19ClN4O. The third-order valence-corrected chi connectivity index (χ3v) is 4.22. The number of nitrogens with one attached hydrogen (secondary N) is 1. The quantitative estimate of drug-likeness (QED) is 0.714. The Morgan fingerprint density at radius 1 is 1.00 bits per heavy atom. The van der Waals surface area contributed by atoms with Gasteiger partial charge >= 0.3 is 0 Å². The second kappa shape index (κ2) is 8.45. The van der Waals surface area contributed by atoms with Crippen LogP contribution >= 0.6 is 11.6 Å². The van der Waals surface area contributed by atoms with Crippen LogP contribution in [0.2, 0.25) is 5.02 Å². The molecule has 1 amide bonds. The number of carbonyl (C=O) groups is 1. The molecule has 3 rings (SSSR count). The van der Waals surface area contributed by atoms with Crippen LogP contribution in [0.3, 0.4) is 0 Å². The molecule has 0 saturated carbocycles. The van der Waals surface area contributed by atoms with Gasteiger partial charge in [-0.15, -0.1) is 10.2 Å². The molecule has 5 nitrogen and oxygen atoms in total. The first-order valence-corrected chi connectivity index (χ1v) is 8.66. The Morgan fingerprint density at radius 3 is 2.38 bits per heavy atom. The van der Waals surface area contributed by atoms with E-state index in [4.69, 9.17) is 11.6 Å². The highest BCUT2D eigenvalue weighted by Gasteiger charge is 2.15. The van der Waals surface area contributed by atoms with E-state index >= 15 is 0 Å². The van der Waals surface area contributed by atoms with Crippen LogP contribution in [0.5, 0.6) is 0 Å². The van der Waals surface area contributed by atoms with Crippen molar-refractivity contribution in [3.8, 4) is 0 Å². The molecule has 1 aromatic heterocycles. The van der Waals surface area contributed by atoms with Crippen molar-refractivity contribution in [3.63, 3.8) is 0 Å². The van der Waals surface area contributed by atoms with Gasteiger partial charge in [0.05, 0.1) is 0 Å². The van der Waals surface area contributed by atoms with E-state index in [1.165, 1.54) is 5.56 Å². The fourth-order valence-electron chi connectivity index (χ4n) is 2.47. The molecule has 6 heteroatoms. The number of aromatic nitrogens is 2. The SMILES string of the molecule is CN(C(=O)c1ccc(NCCc2ccc(Cl)cc2)nn1)c1ccccc1. The zero-order chi connectivity index (χ0) is 18.4. The van der Waals surface area contributed by atoms with Gasteiger partial charge in [-0.25, -0.2) is 0 Å². The summed E-state index contributed by atoms with van der Waals surface area (Å²) in [7, 11) is 1.72. The second-order valence-electron chi connectivity index (χ2n) is 5.81. The first-order chi connectivity index (χ1) is 12.6. The van der Waals surface area contributed by atoms with E-state index in [0.717, 1.165) is 17.1 Å². The van der Waals surface area contributed by atoms with E-state index in [9.17, 15) is 4.79 Å². The number of rotatable bonds is 6. The fourth-order valence-corrected chi connectivity index (χ4v) is 2.59. The van der Waals surface area contributed by atoms with Crippen LogP contribution in [0.1, 0.15) is 16.1 Å². The second-order valence-corrected chi connectivity index (χ2v) is 6.24. The van der Waals surface area contributed by atoms with E-state index in [1.807, 2.05) is 54.6 Å². The summed E-state index contributed by atoms with van der Waals surface area (Å²) in [6, 6.07) is 20.6. The molecule has 132 valence electrons. The summed E-state index contributed by atoms with van der Waals surface area (Å²) in [5.74, 6) is 0.439. The Kier molecular flexibility index (Phi) is 5.81. The van der Waals surface area contributed by atoms with E-state index in [1.54, 1.807) is 24.1 Å². The lowest BCUT2D eigenvalue weighted by molar-refractivity contribution is 0.0987. The summed E-state index contributed by atoms with van der Waals surface area (Å²) in [5.41, 5.74) is 2.30. The van der Waals surface area contributed by atoms with Crippen molar-refractivity contribution in [1.82, 2.24) is 10.2 Å². The van der Waals surface area contributed by atoms with Crippen molar-refractivity contribution in [2.24, 2.45) is 0 Å². The number of hydrogen-bond acceptors (Lipinski definition) is 4. The van der Waals surface area contributed by atoms with Gasteiger partial charge in [-0.2, -0.15) is 0 Å². The molecule has 0 aliphatic heterocycles. The highest BCUT2D eigenvalue weighted by Crippen LogP contribution is 2.14. The van der Waals surface area contributed by atoms with Crippen molar-refractivity contribution >= 4 is 29.0 Å². The van der Waals surface area contributed by atoms with Gasteiger partial charge in [0.15, 0.2) is 5.69 Å². The van der Waals surface area contributed by atoms with Gasteiger partial charge in [0.1, 0.15) is 5.82 Å². The predicted octanol–water partition coefficient (Wildman–Crippen LogP) is 4.06. The lowest BCUT2D eigenvalue weighted by Gasteiger charge is -2.16. The Balaban J connectivity index is 1.56. The minimum absolute atomic E-state index is 0.198. The molecule has 0 radical (unpaired) electrons. The minimum atomic E-state index is -0.198. The van der Waals surface area contributed by atoms with Crippen molar-refractivity contribution in [1.29, 1.82) is 0 Å². The Labute approximate surface area is 157 Å². The summed E-state index contributed by atoms with van der Waals surface area (Å²) >= 11 is 5.88. The lowest BCUT2D eigenvalue weighted by Crippen LogP contribution is -2.27. The third kappa shape index (κ3) is 4.58. The zero-order valence-electron chi connectivity index (χ0n) is 14.4. The fraction of sp³-hybridized carbons (Fsp3) is 0.150. The number of benzene rings is 2. The molecule has 0 atom stereocenters. The van der Waals surface area contributed by atoms with Crippen molar-refractivity contribution in [2.45, 2.75) is 6.42 Å². The molecule has 26 heavy (non-hydrogen) atoms. The van der Waals surface area contributed by atoms with Crippen LogP contribution in [0.25, 0.3) is 0 Å². The number of para-hydroxylation sites is 1. The van der Waals surface area contributed by atoms with Crippen LogP contribution in [-0.4, -0.2) is 29.7 Å². The largest absolute Gasteiger partial charge is 0.368 e. The average Bonchev–Trinajstić information content (AvgIpc) is 2.69. The van der Waals surface area contributed by atoms with E-state index in [-0.39, 0.29) is 5.91 Å². The lowest BCUT2D eigenvalue weighted by atomic mass is 10.1. The van der Waals surface area contributed by atoms with Gasteiger partial charge in [-0.05, 0) is 48.4 Å². The van der Waals surface area contributed by atoms with Crippen LogP contribution in [0.15, 0.2) is 66.7 Å².